The molecular weight excluding hydrogens is 584 g/mol. The third-order valence-electron chi connectivity index (χ3n) is 9.06. The topological polar surface area (TPSA) is 116 Å². The molecule has 7 atom stereocenters. The summed E-state index contributed by atoms with van der Waals surface area (Å²) < 4.78 is 17.8. The molecule has 0 aromatic heterocycles. The van der Waals surface area contributed by atoms with E-state index in [2.05, 4.69) is 6.58 Å². The van der Waals surface area contributed by atoms with Gasteiger partial charge in [0.2, 0.25) is 0 Å². The van der Waals surface area contributed by atoms with Crippen LogP contribution in [0, 0.1) is 23.2 Å². The summed E-state index contributed by atoms with van der Waals surface area (Å²) in [6.07, 6.45) is 4.40. The van der Waals surface area contributed by atoms with E-state index in [-0.39, 0.29) is 12.8 Å². The molecule has 8 nitrogen and oxygen atoms in total. The zero-order chi connectivity index (χ0) is 33.6. The van der Waals surface area contributed by atoms with Gasteiger partial charge in [-0.25, -0.2) is 9.59 Å². The normalized spacial score (nSPS) is 29.7. The first kappa shape index (κ1) is 34.6. The Labute approximate surface area is 271 Å². The van der Waals surface area contributed by atoms with E-state index < -0.39 is 70.8 Å². The Morgan fingerprint density at radius 3 is 2.22 bits per heavy atom. The molecule has 0 radical (unpaired) electrons. The molecule has 0 aliphatic heterocycles. The molecule has 244 valence electrons. The number of Topliss-reactive ketones (excluding diaryl/α,β-unsaturated/α-hetero) is 1. The number of allylic oxidation sites excluding steroid dienone is 1. The van der Waals surface area contributed by atoms with Crippen LogP contribution in [0.2, 0.25) is 0 Å². The highest BCUT2D eigenvalue weighted by atomic mass is 16.6. The van der Waals surface area contributed by atoms with Crippen LogP contribution in [0.25, 0.3) is 6.08 Å². The smallest absolute Gasteiger partial charge is 0.338 e. The van der Waals surface area contributed by atoms with E-state index in [9.17, 15) is 24.3 Å². The van der Waals surface area contributed by atoms with E-state index >= 15 is 0 Å². The lowest BCUT2D eigenvalue weighted by atomic mass is 9.73. The molecule has 2 aliphatic carbocycles. The van der Waals surface area contributed by atoms with Crippen LogP contribution >= 0.6 is 0 Å². The maximum Gasteiger partial charge on any atom is 0.338 e. The second-order valence-corrected chi connectivity index (χ2v) is 13.1. The highest BCUT2D eigenvalue weighted by molar-refractivity contribution is 5.92. The number of rotatable bonds is 6. The second kappa shape index (κ2) is 14.4. The quantitative estimate of drug-likeness (QED) is 0.172. The number of hydrogen-bond acceptors (Lipinski definition) is 8. The van der Waals surface area contributed by atoms with Gasteiger partial charge in [0.15, 0.2) is 5.78 Å². The van der Waals surface area contributed by atoms with Crippen LogP contribution < -0.4 is 0 Å². The Morgan fingerprint density at radius 2 is 1.59 bits per heavy atom. The number of benzene rings is 2. The van der Waals surface area contributed by atoms with E-state index in [4.69, 9.17) is 14.2 Å². The van der Waals surface area contributed by atoms with Gasteiger partial charge in [0, 0.05) is 24.3 Å². The molecule has 0 unspecified atom stereocenters. The number of aliphatic hydroxyl groups is 1. The number of ketones is 1. The van der Waals surface area contributed by atoms with Crippen molar-refractivity contribution in [3.05, 3.63) is 102 Å². The number of hydrogen-bond donors (Lipinski definition) is 1. The molecule has 46 heavy (non-hydrogen) atoms. The zero-order valence-corrected chi connectivity index (χ0v) is 27.2. The molecule has 0 heterocycles. The summed E-state index contributed by atoms with van der Waals surface area (Å²) >= 11 is 0. The van der Waals surface area contributed by atoms with Crippen molar-refractivity contribution in [2.24, 2.45) is 23.2 Å². The van der Waals surface area contributed by atoms with Gasteiger partial charge in [-0.1, -0.05) is 95.0 Å². The van der Waals surface area contributed by atoms with Crippen molar-refractivity contribution < 1.29 is 38.5 Å². The van der Waals surface area contributed by atoms with Gasteiger partial charge in [0.1, 0.15) is 23.9 Å². The van der Waals surface area contributed by atoms with Crippen LogP contribution in [0.5, 0.6) is 0 Å². The van der Waals surface area contributed by atoms with Gasteiger partial charge in [-0.3, -0.25) is 9.59 Å². The highest BCUT2D eigenvalue weighted by Gasteiger charge is 2.61. The minimum atomic E-state index is -1.98. The fourth-order valence-electron chi connectivity index (χ4n) is 6.53. The van der Waals surface area contributed by atoms with E-state index in [1.807, 2.05) is 50.3 Å². The molecule has 2 aliphatic rings. The van der Waals surface area contributed by atoms with Crippen molar-refractivity contribution in [1.82, 2.24) is 0 Å². The molecule has 0 amide bonds. The van der Waals surface area contributed by atoms with Crippen molar-refractivity contribution >= 4 is 29.8 Å². The van der Waals surface area contributed by atoms with Crippen molar-refractivity contribution in [3.63, 3.8) is 0 Å². The third-order valence-corrected chi connectivity index (χ3v) is 9.06. The summed E-state index contributed by atoms with van der Waals surface area (Å²) in [5.74, 6) is -4.58. The molecule has 0 saturated heterocycles. The molecule has 2 aromatic carbocycles. The summed E-state index contributed by atoms with van der Waals surface area (Å²) in [4.78, 5) is 52.8. The summed E-state index contributed by atoms with van der Waals surface area (Å²) in [7, 11) is 0. The average Bonchev–Trinajstić information content (AvgIpc) is 3.28. The van der Waals surface area contributed by atoms with E-state index in [1.165, 1.54) is 13.0 Å². The van der Waals surface area contributed by atoms with E-state index in [0.29, 0.717) is 17.6 Å². The van der Waals surface area contributed by atoms with Gasteiger partial charge in [-0.05, 0) is 54.5 Å². The fraction of sp³-hybridized carbons (Fsp3) is 0.421. The highest BCUT2D eigenvalue weighted by Crippen LogP contribution is 2.48. The monoisotopic (exact) mass is 628 g/mol. The minimum absolute atomic E-state index is 0.00381. The maximum atomic E-state index is 14.1. The molecule has 8 heteroatoms. The number of ether oxygens (including phenoxy) is 3. The summed E-state index contributed by atoms with van der Waals surface area (Å²) in [6, 6.07) is 17.8. The zero-order valence-electron chi connectivity index (χ0n) is 27.2. The largest absolute Gasteiger partial charge is 0.458 e. The van der Waals surface area contributed by atoms with Gasteiger partial charge < -0.3 is 19.3 Å². The molecule has 1 saturated carbocycles. The lowest BCUT2D eigenvalue weighted by Gasteiger charge is -2.39. The van der Waals surface area contributed by atoms with Crippen LogP contribution in [-0.2, 0) is 28.6 Å². The Hall–Kier alpha value is -4.30. The average molecular weight is 629 g/mol. The molecule has 4 rings (SSSR count). The van der Waals surface area contributed by atoms with Crippen molar-refractivity contribution in [2.45, 2.75) is 77.8 Å². The first-order chi connectivity index (χ1) is 21.7. The Bertz CT molecular complexity index is 1490. The molecule has 2 aromatic rings. The predicted molar refractivity (Wildman–Crippen MR) is 174 cm³/mol. The van der Waals surface area contributed by atoms with Gasteiger partial charge in [0.05, 0.1) is 11.5 Å². The SMILES string of the molecule is C=C1CC[C@@H](OC(=O)C=Cc2ccccc2)C(C)(C)C=C[C@@H](C)C(=O)[C@]2(O)C[C@@H](C)[C@@H](OC(=O)c3ccccc3)[C@H]2[C@@H]1OC(C)=O. The van der Waals surface area contributed by atoms with Crippen molar-refractivity contribution in [1.29, 1.82) is 0 Å². The number of fused-ring (bicyclic) bond motifs is 1. The molecule has 1 N–H and O–H groups in total. The van der Waals surface area contributed by atoms with Crippen LogP contribution in [0.4, 0.5) is 0 Å². The Balaban J connectivity index is 1.70. The summed E-state index contributed by atoms with van der Waals surface area (Å²) in [5, 5.41) is 12.2. The van der Waals surface area contributed by atoms with Gasteiger partial charge in [0.25, 0.3) is 0 Å². The van der Waals surface area contributed by atoms with Gasteiger partial charge >= 0.3 is 17.9 Å². The van der Waals surface area contributed by atoms with Crippen molar-refractivity contribution in [3.8, 4) is 0 Å². The van der Waals surface area contributed by atoms with Gasteiger partial charge in [-0.15, -0.1) is 0 Å². The number of esters is 3. The van der Waals surface area contributed by atoms with E-state index in [1.54, 1.807) is 56.3 Å². The fourth-order valence-corrected chi connectivity index (χ4v) is 6.53. The number of carbonyl (C=O) groups excluding carboxylic acids is 4. The second-order valence-electron chi connectivity index (χ2n) is 13.1. The first-order valence-electron chi connectivity index (χ1n) is 15.7. The van der Waals surface area contributed by atoms with Crippen LogP contribution in [0.3, 0.4) is 0 Å². The van der Waals surface area contributed by atoms with Crippen LogP contribution in [0.15, 0.2) is 91.0 Å². The Morgan fingerprint density at radius 1 is 0.957 bits per heavy atom. The minimum Gasteiger partial charge on any atom is -0.458 e. The lowest BCUT2D eigenvalue weighted by molar-refractivity contribution is -0.164. The predicted octanol–water partition coefficient (Wildman–Crippen LogP) is 6.29. The van der Waals surface area contributed by atoms with Gasteiger partial charge in [-0.2, -0.15) is 0 Å². The number of carbonyl (C=O) groups is 4. The van der Waals surface area contributed by atoms with Crippen LogP contribution in [0.1, 0.15) is 69.8 Å². The molecular formula is C38H44O8. The maximum absolute atomic E-state index is 14.1. The summed E-state index contributed by atoms with van der Waals surface area (Å²) in [6.45, 7) is 12.8. The lowest BCUT2D eigenvalue weighted by Crippen LogP contribution is -2.54. The Kier molecular flexibility index (Phi) is 10.8. The molecule has 1 fully saturated rings. The molecule has 0 spiro atoms. The molecule has 0 bridgehead atoms. The van der Waals surface area contributed by atoms with Crippen LogP contribution in [-0.4, -0.2) is 52.7 Å². The van der Waals surface area contributed by atoms with E-state index in [0.717, 1.165) is 5.56 Å². The third kappa shape index (κ3) is 7.91. The van der Waals surface area contributed by atoms with Crippen molar-refractivity contribution in [2.75, 3.05) is 0 Å². The standard InChI is InChI=1S/C38H44O8/c1-24-17-19-30(45-31(40)20-18-28-13-9-7-10-14-28)37(5,6)22-21-25(2)35(41)38(43)23-26(3)34(32(38)33(24)44-27(4)39)46-36(42)29-15-11-8-12-16-29/h7-16,18,20-22,25-26,30,32-34,43H,1,17,19,23H2,2-6H3/t25-,26-,30-,32-,33-,34-,38+/m1/s1. The first-order valence-corrected chi connectivity index (χ1v) is 15.7. The summed E-state index contributed by atoms with van der Waals surface area (Å²) in [5.41, 5.74) is -1.11.